The number of aromatic nitrogens is 2. The lowest BCUT2D eigenvalue weighted by molar-refractivity contribution is -0.148. The van der Waals surface area contributed by atoms with Gasteiger partial charge in [0.15, 0.2) is 0 Å². The number of rotatable bonds is 19. The van der Waals surface area contributed by atoms with E-state index in [0.717, 1.165) is 71.0 Å². The Kier molecular flexibility index (Phi) is 13.5. The summed E-state index contributed by atoms with van der Waals surface area (Å²) in [5.74, 6) is -0.321. The molecule has 1 amide bonds. The third kappa shape index (κ3) is 10.5. The van der Waals surface area contributed by atoms with Gasteiger partial charge in [-0.15, -0.1) is 0 Å². The molecule has 0 saturated carbocycles. The molecule has 3 N–H and O–H groups in total. The SMILES string of the molecule is CCCCCCCCCCCCNC(=O)/C=C/c1ccc(-c2[nH]c(-c3ccc(N4CCCC4)cc3)nc2-c2ccc(C3=NOC(C(=O)O)C3)cc2)cc1. The highest BCUT2D eigenvalue weighted by Crippen LogP contribution is 2.34. The van der Waals surface area contributed by atoms with Gasteiger partial charge in [0.1, 0.15) is 5.82 Å². The summed E-state index contributed by atoms with van der Waals surface area (Å²) in [5, 5.41) is 16.3. The number of anilines is 1. The van der Waals surface area contributed by atoms with Gasteiger partial charge in [0, 0.05) is 54.5 Å². The highest BCUT2D eigenvalue weighted by molar-refractivity contribution is 6.03. The number of carbonyl (C=O) groups excluding carboxylic acids is 1. The molecule has 9 nitrogen and oxygen atoms in total. The van der Waals surface area contributed by atoms with Crippen LogP contribution in [0.2, 0.25) is 0 Å². The highest BCUT2D eigenvalue weighted by atomic mass is 16.7. The standard InChI is InChI=1S/C44H53N5O4/c1-2-3-4-5-6-7-8-9-10-11-28-45-40(50)27-16-32-14-17-34(18-15-32)41-42(35-21-19-33(20-22-35)38-31-39(44(51)52)53-48-38)47-43(46-41)36-23-25-37(26-24-36)49-29-12-13-30-49/h14-27,39H,2-13,28-31H2,1H3,(H,45,50)(H,46,47)(H,51,52)/b27-16+. The van der Waals surface area contributed by atoms with Gasteiger partial charge in [0.25, 0.3) is 0 Å². The Labute approximate surface area is 313 Å². The molecule has 0 spiro atoms. The number of amides is 1. The van der Waals surface area contributed by atoms with Crippen molar-refractivity contribution in [3.8, 4) is 33.9 Å². The molecule has 2 aliphatic heterocycles. The molecule has 0 radical (unpaired) electrons. The first kappa shape index (κ1) is 37.6. The quantitative estimate of drug-likeness (QED) is 0.0657. The summed E-state index contributed by atoms with van der Waals surface area (Å²) in [6.07, 6.45) is 17.9. The predicted molar refractivity (Wildman–Crippen MR) is 214 cm³/mol. The molecule has 1 aromatic heterocycles. The molecule has 1 fully saturated rings. The third-order valence-electron chi connectivity index (χ3n) is 10.2. The lowest BCUT2D eigenvalue weighted by atomic mass is 10.00. The summed E-state index contributed by atoms with van der Waals surface area (Å²) in [6, 6.07) is 24.5. The lowest BCUT2D eigenvalue weighted by Crippen LogP contribution is -2.21. The number of carboxylic acid groups (broad SMARTS) is 1. The summed E-state index contributed by atoms with van der Waals surface area (Å²) in [4.78, 5) is 40.1. The average Bonchev–Trinajstić information content (AvgIpc) is 3.99. The molecule has 6 rings (SSSR count). The van der Waals surface area contributed by atoms with Crippen molar-refractivity contribution in [2.75, 3.05) is 24.5 Å². The molecule has 0 aliphatic carbocycles. The summed E-state index contributed by atoms with van der Waals surface area (Å²) in [6.45, 7) is 5.14. The van der Waals surface area contributed by atoms with Gasteiger partial charge in [0.2, 0.25) is 12.0 Å². The van der Waals surface area contributed by atoms with E-state index < -0.39 is 12.1 Å². The lowest BCUT2D eigenvalue weighted by Gasteiger charge is -2.17. The van der Waals surface area contributed by atoms with Gasteiger partial charge in [-0.2, -0.15) is 0 Å². The largest absolute Gasteiger partial charge is 0.478 e. The Morgan fingerprint density at radius 2 is 1.42 bits per heavy atom. The van der Waals surface area contributed by atoms with Crippen LogP contribution < -0.4 is 10.2 Å². The first-order valence-electron chi connectivity index (χ1n) is 19.6. The Hall–Kier alpha value is -5.18. The van der Waals surface area contributed by atoms with Gasteiger partial charge in [-0.05, 0) is 60.7 Å². The van der Waals surface area contributed by atoms with Gasteiger partial charge < -0.3 is 25.1 Å². The number of H-pyrrole nitrogens is 1. The van der Waals surface area contributed by atoms with Crippen LogP contribution >= 0.6 is 0 Å². The topological polar surface area (TPSA) is 120 Å². The van der Waals surface area contributed by atoms with Crippen molar-refractivity contribution in [2.45, 2.75) is 96.5 Å². The second-order valence-corrected chi connectivity index (χ2v) is 14.2. The van der Waals surface area contributed by atoms with Crippen LogP contribution in [0.3, 0.4) is 0 Å². The van der Waals surface area contributed by atoms with E-state index in [1.165, 1.54) is 69.9 Å². The van der Waals surface area contributed by atoms with Crippen molar-refractivity contribution in [3.63, 3.8) is 0 Å². The number of aliphatic carboxylic acids is 1. The Morgan fingerprint density at radius 1 is 0.811 bits per heavy atom. The van der Waals surface area contributed by atoms with E-state index in [4.69, 9.17) is 9.82 Å². The molecular formula is C44H53N5O4. The van der Waals surface area contributed by atoms with Crippen molar-refractivity contribution in [2.24, 2.45) is 5.16 Å². The third-order valence-corrected chi connectivity index (χ3v) is 10.2. The maximum absolute atomic E-state index is 12.5. The molecule has 3 aromatic carbocycles. The average molecular weight is 716 g/mol. The minimum absolute atomic E-state index is 0.0710. The molecule has 53 heavy (non-hydrogen) atoms. The van der Waals surface area contributed by atoms with Crippen molar-refractivity contribution in [1.29, 1.82) is 0 Å². The molecule has 278 valence electrons. The minimum atomic E-state index is -1.02. The Balaban J connectivity index is 1.10. The zero-order chi connectivity index (χ0) is 36.8. The molecular weight excluding hydrogens is 663 g/mol. The number of aromatic amines is 1. The molecule has 0 bridgehead atoms. The number of benzene rings is 3. The van der Waals surface area contributed by atoms with Crippen LogP contribution in [0, 0.1) is 0 Å². The van der Waals surface area contributed by atoms with Crippen molar-refractivity contribution in [3.05, 3.63) is 90.0 Å². The minimum Gasteiger partial charge on any atom is -0.478 e. The van der Waals surface area contributed by atoms with E-state index in [1.54, 1.807) is 6.08 Å². The summed E-state index contributed by atoms with van der Waals surface area (Å²) < 4.78 is 0. The van der Waals surface area contributed by atoms with Crippen LogP contribution in [0.25, 0.3) is 40.0 Å². The van der Waals surface area contributed by atoms with Crippen molar-refractivity contribution < 1.29 is 19.5 Å². The molecule has 1 atom stereocenters. The fourth-order valence-corrected chi connectivity index (χ4v) is 7.05. The molecule has 1 unspecified atom stereocenters. The summed E-state index contributed by atoms with van der Waals surface area (Å²) in [5.41, 5.74) is 8.16. The molecule has 3 heterocycles. The molecule has 9 heteroatoms. The van der Waals surface area contributed by atoms with E-state index in [-0.39, 0.29) is 12.3 Å². The van der Waals surface area contributed by atoms with E-state index >= 15 is 0 Å². The van der Waals surface area contributed by atoms with Gasteiger partial charge >= 0.3 is 5.97 Å². The number of imidazole rings is 1. The van der Waals surface area contributed by atoms with Crippen molar-refractivity contribution in [1.82, 2.24) is 15.3 Å². The first-order chi connectivity index (χ1) is 26.0. The van der Waals surface area contributed by atoms with E-state index in [2.05, 4.69) is 51.5 Å². The number of nitrogens with zero attached hydrogens (tertiary/aromatic N) is 3. The molecule has 2 aliphatic rings. The van der Waals surface area contributed by atoms with E-state index in [0.29, 0.717) is 12.3 Å². The van der Waals surface area contributed by atoms with Gasteiger partial charge in [0.05, 0.1) is 17.1 Å². The Morgan fingerprint density at radius 3 is 2.06 bits per heavy atom. The van der Waals surface area contributed by atoms with Crippen LogP contribution in [0.4, 0.5) is 5.69 Å². The smallest absolute Gasteiger partial charge is 0.348 e. The highest BCUT2D eigenvalue weighted by Gasteiger charge is 2.28. The van der Waals surface area contributed by atoms with Crippen LogP contribution in [0.5, 0.6) is 0 Å². The number of nitrogens with one attached hydrogen (secondary N) is 2. The van der Waals surface area contributed by atoms with Crippen molar-refractivity contribution >= 4 is 29.4 Å². The van der Waals surface area contributed by atoms with E-state index in [1.807, 2.05) is 54.6 Å². The normalized spacial score (nSPS) is 15.5. The monoisotopic (exact) mass is 715 g/mol. The number of carboxylic acids is 1. The zero-order valence-electron chi connectivity index (χ0n) is 31.0. The van der Waals surface area contributed by atoms with Crippen LogP contribution in [-0.4, -0.2) is 58.4 Å². The fraction of sp³-hybridized carbons (Fsp3) is 0.409. The van der Waals surface area contributed by atoms with Crippen LogP contribution in [-0.2, 0) is 14.4 Å². The second-order valence-electron chi connectivity index (χ2n) is 14.2. The fourth-order valence-electron chi connectivity index (χ4n) is 7.05. The Bertz CT molecular complexity index is 1840. The number of oxime groups is 1. The maximum Gasteiger partial charge on any atom is 0.348 e. The summed E-state index contributed by atoms with van der Waals surface area (Å²) >= 11 is 0. The zero-order valence-corrected chi connectivity index (χ0v) is 31.0. The van der Waals surface area contributed by atoms with Gasteiger partial charge in [-0.3, -0.25) is 4.79 Å². The number of unbranched alkanes of at least 4 members (excludes halogenated alkanes) is 9. The van der Waals surface area contributed by atoms with Crippen LogP contribution in [0.1, 0.15) is 102 Å². The van der Waals surface area contributed by atoms with Crippen LogP contribution in [0.15, 0.2) is 84.0 Å². The van der Waals surface area contributed by atoms with E-state index in [9.17, 15) is 14.7 Å². The molecule has 4 aromatic rings. The first-order valence-corrected chi connectivity index (χ1v) is 19.6. The number of hydrogen-bond donors (Lipinski definition) is 3. The maximum atomic E-state index is 12.5. The summed E-state index contributed by atoms with van der Waals surface area (Å²) in [7, 11) is 0. The number of carbonyl (C=O) groups is 2. The predicted octanol–water partition coefficient (Wildman–Crippen LogP) is 9.64. The second kappa shape index (κ2) is 19.1. The number of hydrogen-bond acceptors (Lipinski definition) is 6. The molecule has 1 saturated heterocycles. The van der Waals surface area contributed by atoms with Gasteiger partial charge in [-0.25, -0.2) is 9.78 Å². The van der Waals surface area contributed by atoms with Gasteiger partial charge in [-0.1, -0.05) is 118 Å².